The molecule has 1 aliphatic rings. The standard InChI is InChI=1S/C21H22N4O3/c1-14-11-25(19-6-4-3-5-18(19)23-21(14)26)12-16-7-9-17(10-8-16)27-13-20-22-15(2)28-24-20/h3-10,14H,11-13H2,1-2H3,(H,23,26). The molecule has 28 heavy (non-hydrogen) atoms. The molecule has 3 aromatic rings. The summed E-state index contributed by atoms with van der Waals surface area (Å²) in [6.45, 7) is 5.33. The fourth-order valence-corrected chi connectivity index (χ4v) is 3.23. The smallest absolute Gasteiger partial charge is 0.229 e. The number of nitrogens with zero attached hydrogens (tertiary/aromatic N) is 3. The third-order valence-electron chi connectivity index (χ3n) is 4.68. The summed E-state index contributed by atoms with van der Waals surface area (Å²) in [5.74, 6) is 1.75. The van der Waals surface area contributed by atoms with Crippen LogP contribution in [-0.2, 0) is 17.9 Å². The number of nitrogens with one attached hydrogen (secondary N) is 1. The lowest BCUT2D eigenvalue weighted by atomic mass is 10.1. The fraction of sp³-hybridized carbons (Fsp3) is 0.286. The molecule has 1 aliphatic heterocycles. The van der Waals surface area contributed by atoms with Gasteiger partial charge in [0.2, 0.25) is 17.6 Å². The van der Waals surface area contributed by atoms with Crippen LogP contribution in [0.5, 0.6) is 5.75 Å². The molecular formula is C21H22N4O3. The maximum atomic E-state index is 12.2. The highest BCUT2D eigenvalue weighted by Gasteiger charge is 2.24. The molecule has 1 aromatic heterocycles. The number of aryl methyl sites for hydroxylation is 1. The molecule has 144 valence electrons. The zero-order valence-electron chi connectivity index (χ0n) is 15.9. The van der Waals surface area contributed by atoms with Crippen molar-refractivity contribution in [2.45, 2.75) is 27.0 Å². The molecule has 1 amide bonds. The largest absolute Gasteiger partial charge is 0.485 e. The van der Waals surface area contributed by atoms with E-state index >= 15 is 0 Å². The zero-order valence-corrected chi connectivity index (χ0v) is 15.9. The molecule has 4 rings (SSSR count). The van der Waals surface area contributed by atoms with Gasteiger partial charge in [0.25, 0.3) is 0 Å². The number of carbonyl (C=O) groups is 1. The quantitative estimate of drug-likeness (QED) is 0.731. The van der Waals surface area contributed by atoms with E-state index in [0.29, 0.717) is 24.8 Å². The highest BCUT2D eigenvalue weighted by Crippen LogP contribution is 2.31. The van der Waals surface area contributed by atoms with E-state index in [9.17, 15) is 4.79 Å². The van der Waals surface area contributed by atoms with Gasteiger partial charge in [0.15, 0.2) is 6.61 Å². The topological polar surface area (TPSA) is 80.5 Å². The number of amides is 1. The Morgan fingerprint density at radius 1 is 1.21 bits per heavy atom. The van der Waals surface area contributed by atoms with E-state index in [1.165, 1.54) is 0 Å². The lowest BCUT2D eigenvalue weighted by Crippen LogP contribution is -2.30. The van der Waals surface area contributed by atoms with Crippen molar-refractivity contribution < 1.29 is 14.1 Å². The first kappa shape index (κ1) is 18.0. The molecule has 1 unspecified atom stereocenters. The van der Waals surface area contributed by atoms with E-state index in [4.69, 9.17) is 9.26 Å². The molecule has 0 aliphatic carbocycles. The summed E-state index contributed by atoms with van der Waals surface area (Å²) >= 11 is 0. The molecule has 0 saturated carbocycles. The fourth-order valence-electron chi connectivity index (χ4n) is 3.23. The highest BCUT2D eigenvalue weighted by atomic mass is 16.5. The van der Waals surface area contributed by atoms with Crippen LogP contribution in [0.1, 0.15) is 24.2 Å². The van der Waals surface area contributed by atoms with Crippen molar-refractivity contribution in [1.82, 2.24) is 10.1 Å². The van der Waals surface area contributed by atoms with Crippen LogP contribution in [0.2, 0.25) is 0 Å². The summed E-state index contributed by atoms with van der Waals surface area (Å²) in [6, 6.07) is 15.8. The van der Waals surface area contributed by atoms with Crippen LogP contribution in [0.25, 0.3) is 0 Å². The van der Waals surface area contributed by atoms with Crippen LogP contribution in [0, 0.1) is 12.8 Å². The van der Waals surface area contributed by atoms with Gasteiger partial charge in [0.05, 0.1) is 17.3 Å². The number of para-hydroxylation sites is 2. The predicted molar refractivity (Wildman–Crippen MR) is 105 cm³/mol. The van der Waals surface area contributed by atoms with Crippen molar-refractivity contribution in [2.75, 3.05) is 16.8 Å². The minimum absolute atomic E-state index is 0.0513. The molecule has 1 N–H and O–H groups in total. The number of hydrogen-bond acceptors (Lipinski definition) is 6. The summed E-state index contributed by atoms with van der Waals surface area (Å²) in [5.41, 5.74) is 3.03. The summed E-state index contributed by atoms with van der Waals surface area (Å²) in [7, 11) is 0. The normalized spacial score (nSPS) is 16.3. The van der Waals surface area contributed by atoms with Gasteiger partial charge in [-0.2, -0.15) is 4.98 Å². The molecule has 7 nitrogen and oxygen atoms in total. The first-order valence-electron chi connectivity index (χ1n) is 9.24. The lowest BCUT2D eigenvalue weighted by molar-refractivity contribution is -0.119. The van der Waals surface area contributed by atoms with Gasteiger partial charge in [-0.15, -0.1) is 0 Å². The monoisotopic (exact) mass is 378 g/mol. The van der Waals surface area contributed by atoms with Crippen molar-refractivity contribution in [3.05, 3.63) is 65.8 Å². The number of carbonyl (C=O) groups excluding carboxylic acids is 1. The Morgan fingerprint density at radius 2 is 2.00 bits per heavy atom. The van der Waals surface area contributed by atoms with Crippen LogP contribution < -0.4 is 15.0 Å². The van der Waals surface area contributed by atoms with Gasteiger partial charge in [0.1, 0.15) is 5.75 Å². The maximum Gasteiger partial charge on any atom is 0.229 e. The van der Waals surface area contributed by atoms with Gasteiger partial charge >= 0.3 is 0 Å². The van der Waals surface area contributed by atoms with Gasteiger partial charge in [-0.1, -0.05) is 36.3 Å². The van der Waals surface area contributed by atoms with Gasteiger partial charge in [0, 0.05) is 20.0 Å². The molecule has 7 heteroatoms. The minimum atomic E-state index is -0.0894. The number of hydrogen-bond donors (Lipinski definition) is 1. The Hall–Kier alpha value is -3.35. The molecule has 0 bridgehead atoms. The van der Waals surface area contributed by atoms with Crippen molar-refractivity contribution >= 4 is 17.3 Å². The second-order valence-corrected chi connectivity index (χ2v) is 6.95. The summed E-state index contributed by atoms with van der Waals surface area (Å²) < 4.78 is 10.6. The molecule has 0 radical (unpaired) electrons. The number of ether oxygens (including phenoxy) is 1. The van der Waals surface area contributed by atoms with Gasteiger partial charge in [-0.3, -0.25) is 4.79 Å². The number of anilines is 2. The molecule has 0 spiro atoms. The van der Waals surface area contributed by atoms with E-state index < -0.39 is 0 Å². The number of benzene rings is 2. The second kappa shape index (κ2) is 7.72. The van der Waals surface area contributed by atoms with Crippen LogP contribution >= 0.6 is 0 Å². The number of rotatable bonds is 5. The predicted octanol–water partition coefficient (Wildman–Crippen LogP) is 3.55. The average Bonchev–Trinajstić information content (AvgIpc) is 3.07. The van der Waals surface area contributed by atoms with E-state index in [0.717, 1.165) is 22.7 Å². The SMILES string of the molecule is Cc1nc(COc2ccc(CN3CC(C)C(=O)Nc4ccccc43)cc2)no1. The van der Waals surface area contributed by atoms with E-state index in [-0.39, 0.29) is 18.4 Å². The lowest BCUT2D eigenvalue weighted by Gasteiger charge is -2.25. The first-order valence-corrected chi connectivity index (χ1v) is 9.24. The third kappa shape index (κ3) is 3.98. The van der Waals surface area contributed by atoms with Gasteiger partial charge in [-0.25, -0.2) is 0 Å². The molecule has 0 fully saturated rings. The Labute approximate surface area is 163 Å². The van der Waals surface area contributed by atoms with E-state index in [1.807, 2.05) is 55.5 Å². The van der Waals surface area contributed by atoms with Gasteiger partial charge in [-0.05, 0) is 29.8 Å². The van der Waals surface area contributed by atoms with Gasteiger partial charge < -0.3 is 19.5 Å². The summed E-state index contributed by atoms with van der Waals surface area (Å²) in [5, 5.41) is 6.83. The minimum Gasteiger partial charge on any atom is -0.485 e. The Bertz CT molecular complexity index is 968. The Kier molecular flexibility index (Phi) is 4.97. The zero-order chi connectivity index (χ0) is 19.5. The molecule has 1 atom stereocenters. The summed E-state index contributed by atoms with van der Waals surface area (Å²) in [4.78, 5) is 18.6. The van der Waals surface area contributed by atoms with Crippen LogP contribution in [0.15, 0.2) is 53.1 Å². The third-order valence-corrected chi connectivity index (χ3v) is 4.68. The summed E-state index contributed by atoms with van der Waals surface area (Å²) in [6.07, 6.45) is 0. The van der Waals surface area contributed by atoms with Crippen LogP contribution in [0.3, 0.4) is 0 Å². The maximum absolute atomic E-state index is 12.2. The van der Waals surface area contributed by atoms with Crippen molar-refractivity contribution in [1.29, 1.82) is 0 Å². The van der Waals surface area contributed by atoms with Crippen molar-refractivity contribution in [3.63, 3.8) is 0 Å². The van der Waals surface area contributed by atoms with Crippen molar-refractivity contribution in [3.8, 4) is 5.75 Å². The molecular weight excluding hydrogens is 356 g/mol. The van der Waals surface area contributed by atoms with E-state index in [2.05, 4.69) is 20.4 Å². The molecule has 0 saturated heterocycles. The number of fused-ring (bicyclic) bond motifs is 1. The Balaban J connectivity index is 1.45. The number of aromatic nitrogens is 2. The highest BCUT2D eigenvalue weighted by molar-refractivity contribution is 5.97. The average molecular weight is 378 g/mol. The van der Waals surface area contributed by atoms with Crippen LogP contribution in [-0.4, -0.2) is 22.6 Å². The molecule has 2 heterocycles. The van der Waals surface area contributed by atoms with Crippen molar-refractivity contribution in [2.24, 2.45) is 5.92 Å². The second-order valence-electron chi connectivity index (χ2n) is 6.95. The molecule has 2 aromatic carbocycles. The first-order chi connectivity index (χ1) is 13.6. The van der Waals surface area contributed by atoms with Crippen LogP contribution in [0.4, 0.5) is 11.4 Å². The Morgan fingerprint density at radius 3 is 2.75 bits per heavy atom. The van der Waals surface area contributed by atoms with E-state index in [1.54, 1.807) is 6.92 Å².